The third kappa shape index (κ3) is 4.67. The Morgan fingerprint density at radius 2 is 1.83 bits per heavy atom. The van der Waals surface area contributed by atoms with Crippen molar-refractivity contribution in [2.75, 3.05) is 41.0 Å². The van der Waals surface area contributed by atoms with Crippen LogP contribution in [0.1, 0.15) is 34.6 Å². The molecule has 0 fully saturated rings. The van der Waals surface area contributed by atoms with E-state index in [1.54, 1.807) is 56.3 Å². The number of ether oxygens (including phenoxy) is 2. The Balaban J connectivity index is 1.81. The van der Waals surface area contributed by atoms with Crippen LogP contribution in [-0.4, -0.2) is 56.8 Å². The lowest BCUT2D eigenvalue weighted by Crippen LogP contribution is -2.27. The third-order valence-electron chi connectivity index (χ3n) is 5.33. The molecule has 11 nitrogen and oxygen atoms in total. The summed E-state index contributed by atoms with van der Waals surface area (Å²) >= 11 is 0. The number of aromatic nitrogens is 2. The summed E-state index contributed by atoms with van der Waals surface area (Å²) in [6, 6.07) is 11.1. The Labute approximate surface area is 208 Å². The van der Waals surface area contributed by atoms with Gasteiger partial charge < -0.3 is 19.7 Å². The Bertz CT molecular complexity index is 1440. The number of carbonyl (C=O) groups excluding carboxylic acids is 2. The summed E-state index contributed by atoms with van der Waals surface area (Å²) in [5, 5.41) is 3.02. The minimum Gasteiger partial charge on any atom is -0.492 e. The van der Waals surface area contributed by atoms with Crippen LogP contribution in [0.4, 0.5) is 28.8 Å². The van der Waals surface area contributed by atoms with Crippen molar-refractivity contribution in [3.05, 3.63) is 59.8 Å². The van der Waals surface area contributed by atoms with Crippen molar-refractivity contribution in [2.24, 2.45) is 0 Å². The summed E-state index contributed by atoms with van der Waals surface area (Å²) in [5.41, 5.74) is 1.39. The predicted molar refractivity (Wildman–Crippen MR) is 135 cm³/mol. The molecule has 0 unspecified atom stereocenters. The van der Waals surface area contributed by atoms with Gasteiger partial charge in [0.05, 0.1) is 48.2 Å². The van der Waals surface area contributed by atoms with Crippen molar-refractivity contribution >= 4 is 50.7 Å². The van der Waals surface area contributed by atoms with Crippen LogP contribution >= 0.6 is 0 Å². The Kier molecular flexibility index (Phi) is 6.80. The number of hydrogen-bond donors (Lipinski definition) is 1. The Morgan fingerprint density at radius 1 is 1.08 bits per heavy atom. The molecular weight excluding hydrogens is 486 g/mol. The standard InChI is InChI=1S/C24H25N5O6S/c1-5-34-20-13-15(23(31)35-6-2)11-12-17(20)26-24-25-14-19-21(27-24)29(36(4,32)33)18-10-8-7-9-16(18)22(30)28(19)3/h7-14H,5-6H2,1-4H3,(H,25,26,27). The van der Waals surface area contributed by atoms with E-state index in [1.165, 1.54) is 18.1 Å². The molecule has 1 aliphatic heterocycles. The second-order valence-electron chi connectivity index (χ2n) is 7.80. The van der Waals surface area contributed by atoms with Crippen LogP contribution in [0.2, 0.25) is 0 Å². The van der Waals surface area contributed by atoms with E-state index in [0.717, 1.165) is 10.6 Å². The maximum atomic E-state index is 13.1. The van der Waals surface area contributed by atoms with Crippen molar-refractivity contribution in [1.29, 1.82) is 0 Å². The van der Waals surface area contributed by atoms with E-state index in [4.69, 9.17) is 9.47 Å². The van der Waals surface area contributed by atoms with Crippen LogP contribution in [0.15, 0.2) is 48.7 Å². The van der Waals surface area contributed by atoms with E-state index in [0.29, 0.717) is 23.6 Å². The fraction of sp³-hybridized carbons (Fsp3) is 0.250. The first kappa shape index (κ1) is 24.9. The van der Waals surface area contributed by atoms with Gasteiger partial charge in [-0.25, -0.2) is 22.5 Å². The fourth-order valence-electron chi connectivity index (χ4n) is 3.75. The highest BCUT2D eigenvalue weighted by atomic mass is 32.2. The topological polar surface area (TPSA) is 131 Å². The highest BCUT2D eigenvalue weighted by Gasteiger charge is 2.35. The quantitative estimate of drug-likeness (QED) is 0.474. The molecule has 0 bridgehead atoms. The van der Waals surface area contributed by atoms with Crippen LogP contribution in [0.25, 0.3) is 0 Å². The lowest BCUT2D eigenvalue weighted by Gasteiger charge is -2.23. The molecule has 0 spiro atoms. The van der Waals surface area contributed by atoms with Crippen molar-refractivity contribution in [2.45, 2.75) is 13.8 Å². The molecule has 2 aromatic carbocycles. The van der Waals surface area contributed by atoms with Crippen molar-refractivity contribution in [3.8, 4) is 5.75 Å². The van der Waals surface area contributed by atoms with Crippen LogP contribution in [0, 0.1) is 0 Å². The monoisotopic (exact) mass is 511 g/mol. The predicted octanol–water partition coefficient (Wildman–Crippen LogP) is 3.48. The summed E-state index contributed by atoms with van der Waals surface area (Å²) in [6.07, 6.45) is 2.42. The molecule has 0 radical (unpaired) electrons. The minimum atomic E-state index is -3.89. The molecule has 1 amide bonds. The lowest BCUT2D eigenvalue weighted by molar-refractivity contribution is 0.0525. The number of hydrogen-bond acceptors (Lipinski definition) is 9. The van der Waals surface area contributed by atoms with Gasteiger partial charge in [-0.15, -0.1) is 0 Å². The molecule has 2 heterocycles. The molecule has 1 aromatic heterocycles. The first-order valence-corrected chi connectivity index (χ1v) is 13.0. The van der Waals surface area contributed by atoms with Crippen LogP contribution in [0.5, 0.6) is 5.75 Å². The van der Waals surface area contributed by atoms with Gasteiger partial charge in [0.2, 0.25) is 16.0 Å². The van der Waals surface area contributed by atoms with Crippen LogP contribution in [-0.2, 0) is 14.8 Å². The summed E-state index contributed by atoms with van der Waals surface area (Å²) in [5.74, 6) is -0.444. The molecule has 3 aromatic rings. The highest BCUT2D eigenvalue weighted by molar-refractivity contribution is 7.92. The number of esters is 1. The number of sulfonamides is 1. The average molecular weight is 512 g/mol. The number of nitrogens with one attached hydrogen (secondary N) is 1. The number of fused-ring (bicyclic) bond motifs is 2. The number of rotatable bonds is 7. The molecule has 188 valence electrons. The zero-order valence-corrected chi connectivity index (χ0v) is 21.0. The van der Waals surface area contributed by atoms with Gasteiger partial charge >= 0.3 is 5.97 Å². The SMILES string of the molecule is CCOC(=O)c1ccc(Nc2ncc3c(n2)N(S(C)(=O)=O)c2ccccc2C(=O)N3C)c(OCC)c1. The van der Waals surface area contributed by atoms with Gasteiger partial charge in [0.15, 0.2) is 5.82 Å². The molecule has 4 rings (SSSR count). The van der Waals surface area contributed by atoms with Gasteiger partial charge in [0, 0.05) is 7.05 Å². The second kappa shape index (κ2) is 9.82. The summed E-state index contributed by atoms with van der Waals surface area (Å²) in [7, 11) is -2.36. The zero-order chi connectivity index (χ0) is 26.0. The molecule has 0 saturated carbocycles. The molecule has 1 N–H and O–H groups in total. The number of para-hydroxylation sites is 1. The number of benzene rings is 2. The number of nitrogens with zero attached hydrogens (tertiary/aromatic N) is 4. The first-order valence-electron chi connectivity index (χ1n) is 11.1. The molecule has 1 aliphatic rings. The van der Waals surface area contributed by atoms with E-state index < -0.39 is 21.9 Å². The molecule has 0 saturated heterocycles. The summed E-state index contributed by atoms with van der Waals surface area (Å²) in [4.78, 5) is 35.3. The van der Waals surface area contributed by atoms with E-state index in [2.05, 4.69) is 15.3 Å². The number of amides is 1. The highest BCUT2D eigenvalue weighted by Crippen LogP contribution is 2.41. The minimum absolute atomic E-state index is 0.0110. The molecule has 0 atom stereocenters. The average Bonchev–Trinajstić information content (AvgIpc) is 2.93. The molecule has 12 heteroatoms. The van der Waals surface area contributed by atoms with E-state index in [1.807, 2.05) is 0 Å². The van der Waals surface area contributed by atoms with Gasteiger partial charge in [-0.2, -0.15) is 4.98 Å². The van der Waals surface area contributed by atoms with Gasteiger partial charge in [0.1, 0.15) is 11.4 Å². The first-order chi connectivity index (χ1) is 17.2. The van der Waals surface area contributed by atoms with Crippen LogP contribution in [0.3, 0.4) is 0 Å². The van der Waals surface area contributed by atoms with Crippen molar-refractivity contribution in [3.63, 3.8) is 0 Å². The second-order valence-corrected chi connectivity index (χ2v) is 9.63. The van der Waals surface area contributed by atoms with Gasteiger partial charge in [0.25, 0.3) is 5.91 Å². The smallest absolute Gasteiger partial charge is 0.338 e. The Morgan fingerprint density at radius 3 is 2.53 bits per heavy atom. The molecule has 36 heavy (non-hydrogen) atoms. The number of anilines is 5. The van der Waals surface area contributed by atoms with E-state index >= 15 is 0 Å². The maximum absolute atomic E-state index is 13.1. The molecule has 0 aliphatic carbocycles. The largest absolute Gasteiger partial charge is 0.492 e. The van der Waals surface area contributed by atoms with Crippen LogP contribution < -0.4 is 19.3 Å². The summed E-state index contributed by atoms with van der Waals surface area (Å²) in [6.45, 7) is 4.09. The van der Waals surface area contributed by atoms with Crippen molar-refractivity contribution in [1.82, 2.24) is 9.97 Å². The van der Waals surface area contributed by atoms with Gasteiger partial charge in [-0.1, -0.05) is 12.1 Å². The third-order valence-corrected chi connectivity index (χ3v) is 6.37. The summed E-state index contributed by atoms with van der Waals surface area (Å²) < 4.78 is 37.5. The normalized spacial score (nSPS) is 12.9. The van der Waals surface area contributed by atoms with E-state index in [-0.39, 0.29) is 35.3 Å². The fourth-order valence-corrected chi connectivity index (χ4v) is 4.71. The number of carbonyl (C=O) groups is 2. The maximum Gasteiger partial charge on any atom is 0.338 e. The zero-order valence-electron chi connectivity index (χ0n) is 20.2. The van der Waals surface area contributed by atoms with Crippen molar-refractivity contribution < 1.29 is 27.5 Å². The van der Waals surface area contributed by atoms with Gasteiger partial charge in [-0.05, 0) is 44.2 Å². The molecular formula is C24H25N5O6S. The lowest BCUT2D eigenvalue weighted by atomic mass is 10.1. The van der Waals surface area contributed by atoms with Gasteiger partial charge in [-0.3, -0.25) is 4.79 Å². The van der Waals surface area contributed by atoms with E-state index in [9.17, 15) is 18.0 Å². The Hall–Kier alpha value is -4.19.